The summed E-state index contributed by atoms with van der Waals surface area (Å²) in [6.07, 6.45) is 1.01. The summed E-state index contributed by atoms with van der Waals surface area (Å²) >= 11 is 0. The Kier molecular flexibility index (Phi) is 3.83. The average molecular weight is 319 g/mol. The fourth-order valence-electron chi connectivity index (χ4n) is 2.28. The molecule has 0 aliphatic carbocycles. The summed E-state index contributed by atoms with van der Waals surface area (Å²) in [6.45, 7) is -0.105. The van der Waals surface area contributed by atoms with E-state index in [0.29, 0.717) is 11.0 Å². The van der Waals surface area contributed by atoms with Crippen LogP contribution in [0.2, 0.25) is 0 Å². The van der Waals surface area contributed by atoms with Crippen molar-refractivity contribution in [2.75, 3.05) is 6.54 Å². The molecule has 118 valence electrons. The quantitative estimate of drug-likeness (QED) is 0.724. The van der Waals surface area contributed by atoms with Gasteiger partial charge < -0.3 is 11.1 Å². The maximum atomic E-state index is 13.8. The van der Waals surface area contributed by atoms with E-state index in [4.69, 9.17) is 11.1 Å². The molecule has 2 aromatic heterocycles. The van der Waals surface area contributed by atoms with Crippen LogP contribution in [0.3, 0.4) is 0 Å². The van der Waals surface area contributed by atoms with Crippen LogP contribution in [0.1, 0.15) is 11.3 Å². The lowest BCUT2D eigenvalue weighted by Gasteiger charge is -2.04. The topological polar surface area (TPSA) is 80.6 Å². The maximum Gasteiger partial charge on any atom is 0.158 e. The molecule has 2 heterocycles. The van der Waals surface area contributed by atoms with Crippen molar-refractivity contribution in [3.63, 3.8) is 0 Å². The Balaban J connectivity index is 2.12. The summed E-state index contributed by atoms with van der Waals surface area (Å²) in [5.74, 6) is -1.97. The van der Waals surface area contributed by atoms with E-state index in [2.05, 4.69) is 10.1 Å². The summed E-state index contributed by atoms with van der Waals surface area (Å²) in [7, 11) is 0. The number of benzene rings is 1. The van der Waals surface area contributed by atoms with Gasteiger partial charge in [-0.05, 0) is 12.1 Å². The minimum atomic E-state index is -0.716. The van der Waals surface area contributed by atoms with Crippen LogP contribution in [0.25, 0.3) is 11.0 Å². The molecule has 0 atom stereocenters. The summed E-state index contributed by atoms with van der Waals surface area (Å²) < 4.78 is 41.6. The number of hydrogen-bond donors (Lipinski definition) is 2. The van der Waals surface area contributed by atoms with Gasteiger partial charge in [0.05, 0.1) is 23.8 Å². The SMILES string of the molecule is N=C(CN)c1nn(Cc2ccc(F)cc2F)c2ncc(F)cc12. The van der Waals surface area contributed by atoms with E-state index in [-0.39, 0.29) is 30.1 Å². The lowest BCUT2D eigenvalue weighted by atomic mass is 10.2. The van der Waals surface area contributed by atoms with Gasteiger partial charge in [0.2, 0.25) is 0 Å². The van der Waals surface area contributed by atoms with Crippen LogP contribution in [-0.2, 0) is 6.54 Å². The number of halogens is 3. The molecule has 0 saturated heterocycles. The van der Waals surface area contributed by atoms with Crippen LogP contribution < -0.4 is 5.73 Å². The lowest BCUT2D eigenvalue weighted by molar-refractivity contribution is 0.560. The lowest BCUT2D eigenvalue weighted by Crippen LogP contribution is -2.15. The smallest absolute Gasteiger partial charge is 0.158 e. The minimum Gasteiger partial charge on any atom is -0.325 e. The number of rotatable bonds is 4. The highest BCUT2D eigenvalue weighted by atomic mass is 19.1. The first kappa shape index (κ1) is 15.2. The molecule has 23 heavy (non-hydrogen) atoms. The third kappa shape index (κ3) is 2.80. The minimum absolute atomic E-state index is 0.0146. The highest BCUT2D eigenvalue weighted by Gasteiger charge is 2.17. The highest BCUT2D eigenvalue weighted by Crippen LogP contribution is 2.20. The Hall–Kier alpha value is -2.74. The second-order valence-electron chi connectivity index (χ2n) is 4.95. The summed E-state index contributed by atoms with van der Waals surface area (Å²) in [5.41, 5.74) is 6.15. The Morgan fingerprint density at radius 2 is 1.96 bits per heavy atom. The largest absolute Gasteiger partial charge is 0.325 e. The number of nitrogens with zero attached hydrogens (tertiary/aromatic N) is 3. The molecule has 0 saturated carbocycles. The molecule has 0 bridgehead atoms. The van der Waals surface area contributed by atoms with E-state index >= 15 is 0 Å². The highest BCUT2D eigenvalue weighted by molar-refractivity contribution is 6.07. The van der Waals surface area contributed by atoms with Gasteiger partial charge in [-0.2, -0.15) is 5.10 Å². The zero-order chi connectivity index (χ0) is 16.6. The van der Waals surface area contributed by atoms with Crippen LogP contribution in [-0.4, -0.2) is 27.0 Å². The second-order valence-corrected chi connectivity index (χ2v) is 4.95. The first-order valence-corrected chi connectivity index (χ1v) is 6.73. The molecule has 3 N–H and O–H groups in total. The number of nitrogens with two attached hydrogens (primary N) is 1. The monoisotopic (exact) mass is 319 g/mol. The molecule has 0 aliphatic heterocycles. The maximum absolute atomic E-state index is 13.8. The van der Waals surface area contributed by atoms with Crippen molar-refractivity contribution in [3.05, 3.63) is 59.2 Å². The molecular weight excluding hydrogens is 307 g/mol. The van der Waals surface area contributed by atoms with Gasteiger partial charge in [-0.3, -0.25) is 0 Å². The number of fused-ring (bicyclic) bond motifs is 1. The summed E-state index contributed by atoms with van der Waals surface area (Å²) in [6, 6.07) is 4.42. The molecule has 0 spiro atoms. The van der Waals surface area contributed by atoms with Gasteiger partial charge in [-0.25, -0.2) is 22.8 Å². The molecule has 0 radical (unpaired) electrons. The van der Waals surface area contributed by atoms with Crippen molar-refractivity contribution < 1.29 is 13.2 Å². The fraction of sp³-hybridized carbons (Fsp3) is 0.133. The number of pyridine rings is 1. The van der Waals surface area contributed by atoms with Crippen LogP contribution in [0.4, 0.5) is 13.2 Å². The zero-order valence-corrected chi connectivity index (χ0v) is 11.9. The van der Waals surface area contributed by atoms with Gasteiger partial charge in [-0.15, -0.1) is 0 Å². The first-order valence-electron chi connectivity index (χ1n) is 6.73. The van der Waals surface area contributed by atoms with Crippen molar-refractivity contribution in [1.29, 1.82) is 5.41 Å². The van der Waals surface area contributed by atoms with Gasteiger partial charge in [-0.1, -0.05) is 6.07 Å². The van der Waals surface area contributed by atoms with Gasteiger partial charge in [0.25, 0.3) is 0 Å². The Labute approximate surface area is 129 Å². The number of nitrogens with one attached hydrogen (secondary N) is 1. The molecule has 3 aromatic rings. The Bertz CT molecular complexity index is 904. The second kappa shape index (κ2) is 5.81. The van der Waals surface area contributed by atoms with Crippen molar-refractivity contribution in [3.8, 4) is 0 Å². The van der Waals surface area contributed by atoms with E-state index in [1.807, 2.05) is 0 Å². The van der Waals surface area contributed by atoms with E-state index < -0.39 is 17.5 Å². The fourth-order valence-corrected chi connectivity index (χ4v) is 2.28. The Morgan fingerprint density at radius 3 is 2.65 bits per heavy atom. The van der Waals surface area contributed by atoms with Gasteiger partial charge in [0.1, 0.15) is 23.1 Å². The van der Waals surface area contributed by atoms with Crippen molar-refractivity contribution in [2.45, 2.75) is 6.54 Å². The molecule has 8 heteroatoms. The summed E-state index contributed by atoms with van der Waals surface area (Å²) in [4.78, 5) is 3.95. The van der Waals surface area contributed by atoms with Crippen LogP contribution in [0.5, 0.6) is 0 Å². The van der Waals surface area contributed by atoms with Gasteiger partial charge in [0.15, 0.2) is 5.65 Å². The van der Waals surface area contributed by atoms with Crippen molar-refractivity contribution in [1.82, 2.24) is 14.8 Å². The van der Waals surface area contributed by atoms with E-state index in [0.717, 1.165) is 18.3 Å². The molecule has 0 fully saturated rings. The standard InChI is InChI=1S/C15H12F3N5/c16-9-2-1-8(12(18)4-9)7-23-15-11(3-10(17)6-21-15)14(22-23)13(20)5-19/h1-4,6,20H,5,7,19H2. The molecule has 0 amide bonds. The molecule has 0 unspecified atom stereocenters. The van der Waals surface area contributed by atoms with E-state index in [9.17, 15) is 13.2 Å². The first-order chi connectivity index (χ1) is 11.0. The van der Waals surface area contributed by atoms with E-state index in [1.165, 1.54) is 16.8 Å². The zero-order valence-electron chi connectivity index (χ0n) is 11.9. The number of hydrogen-bond acceptors (Lipinski definition) is 4. The Morgan fingerprint density at radius 1 is 1.17 bits per heavy atom. The average Bonchev–Trinajstić information content (AvgIpc) is 2.87. The summed E-state index contributed by atoms with van der Waals surface area (Å²) in [5, 5.41) is 12.3. The van der Waals surface area contributed by atoms with Gasteiger partial charge >= 0.3 is 0 Å². The van der Waals surface area contributed by atoms with Crippen LogP contribution in [0.15, 0.2) is 30.5 Å². The van der Waals surface area contributed by atoms with E-state index in [1.54, 1.807) is 0 Å². The van der Waals surface area contributed by atoms with Gasteiger partial charge in [0, 0.05) is 18.2 Å². The molecule has 5 nitrogen and oxygen atoms in total. The third-order valence-corrected chi connectivity index (χ3v) is 3.38. The normalized spacial score (nSPS) is 11.1. The van der Waals surface area contributed by atoms with Crippen LogP contribution >= 0.6 is 0 Å². The predicted octanol–water partition coefficient (Wildman–Crippen LogP) is 2.22. The molecule has 0 aliphatic rings. The third-order valence-electron chi connectivity index (χ3n) is 3.38. The molecule has 1 aromatic carbocycles. The van der Waals surface area contributed by atoms with Crippen molar-refractivity contribution in [2.24, 2.45) is 5.73 Å². The van der Waals surface area contributed by atoms with Crippen LogP contribution in [0, 0.1) is 22.9 Å². The van der Waals surface area contributed by atoms with Crippen molar-refractivity contribution >= 4 is 16.7 Å². The number of aromatic nitrogens is 3. The predicted molar refractivity (Wildman–Crippen MR) is 78.8 cm³/mol. The molecule has 3 rings (SSSR count). The molecular formula is C15H12F3N5.